The summed E-state index contributed by atoms with van der Waals surface area (Å²) in [7, 11) is 5.54. The first-order valence-corrected chi connectivity index (χ1v) is 4.85. The molecule has 1 saturated heterocycles. The topological polar surface area (TPSA) is 38.3 Å². The lowest BCUT2D eigenvalue weighted by molar-refractivity contribution is 0.151. The Bertz CT molecular complexity index is 310. The molecule has 78 valence electrons. The van der Waals surface area contributed by atoms with Gasteiger partial charge in [0.1, 0.15) is 6.10 Å². The number of carbonyl (C=O) groups excluding carboxylic acids is 1. The van der Waals surface area contributed by atoms with Gasteiger partial charge in [0.25, 0.3) is 0 Å². The van der Waals surface area contributed by atoms with Gasteiger partial charge in [-0.3, -0.25) is 0 Å². The summed E-state index contributed by atoms with van der Waals surface area (Å²) in [6, 6.07) is -0.154. The Morgan fingerprint density at radius 2 is 2.47 bits per heavy atom. The number of amides is 1. The predicted molar refractivity (Wildman–Crippen MR) is 60.8 cm³/mol. The number of hydrogen-bond acceptors (Lipinski definition) is 2. The molecule has 1 fully saturated rings. The average molecular weight is 203 g/mol. The van der Waals surface area contributed by atoms with E-state index < -0.39 is 6.09 Å². The number of allylic oxidation sites excluding steroid dienone is 3. The number of carbonyl (C=O) groups is 1. The molecule has 3 nitrogen and oxygen atoms in total. The van der Waals surface area contributed by atoms with Crippen LogP contribution in [0.3, 0.4) is 0 Å². The maximum absolute atomic E-state index is 11.1. The van der Waals surface area contributed by atoms with Crippen LogP contribution < -0.4 is 5.32 Å². The van der Waals surface area contributed by atoms with Crippen molar-refractivity contribution in [2.24, 2.45) is 0 Å². The van der Waals surface area contributed by atoms with Gasteiger partial charge in [-0.05, 0) is 12.5 Å². The van der Waals surface area contributed by atoms with Crippen LogP contribution in [0.15, 0.2) is 36.5 Å². The lowest BCUT2D eigenvalue weighted by Crippen LogP contribution is -2.31. The minimum Gasteiger partial charge on any atom is -0.439 e. The van der Waals surface area contributed by atoms with Crippen molar-refractivity contribution < 1.29 is 9.53 Å². The molecule has 0 aromatic heterocycles. The van der Waals surface area contributed by atoms with Crippen LogP contribution in [0.25, 0.3) is 0 Å². The molecular formula is C11H14BNO2. The van der Waals surface area contributed by atoms with Crippen LogP contribution in [-0.2, 0) is 4.74 Å². The van der Waals surface area contributed by atoms with E-state index in [1.807, 2.05) is 19.1 Å². The fourth-order valence-corrected chi connectivity index (χ4v) is 1.48. The van der Waals surface area contributed by atoms with Gasteiger partial charge in [0.15, 0.2) is 0 Å². The lowest BCUT2D eigenvalue weighted by Gasteiger charge is -2.16. The third-order valence-corrected chi connectivity index (χ3v) is 2.24. The molecule has 0 saturated carbocycles. The van der Waals surface area contributed by atoms with Gasteiger partial charge in [-0.15, -0.1) is 0 Å². The largest absolute Gasteiger partial charge is 0.439 e. The summed E-state index contributed by atoms with van der Waals surface area (Å²) in [5.41, 5.74) is 0.920. The Morgan fingerprint density at radius 3 is 3.00 bits per heavy atom. The number of hydrogen-bond donors (Lipinski definition) is 1. The van der Waals surface area contributed by atoms with Crippen LogP contribution in [0, 0.1) is 0 Å². The second kappa shape index (κ2) is 5.44. The molecule has 0 unspecified atom stereocenters. The Morgan fingerprint density at radius 1 is 1.73 bits per heavy atom. The van der Waals surface area contributed by atoms with E-state index in [1.165, 1.54) is 0 Å². The standard InChI is InChI=1S/C11H14BNO2/c1-3-5-6-8(4-2)10-9(7-12)13-11(14)15-10/h3-6,9-10H,1,7H2,2H3,(H,13,14)/b6-5-,8-4+/t9-,10-/m1/s1. The van der Waals surface area contributed by atoms with E-state index in [1.54, 1.807) is 12.2 Å². The second-order valence-corrected chi connectivity index (χ2v) is 3.20. The predicted octanol–water partition coefficient (Wildman–Crippen LogP) is 1.74. The first kappa shape index (κ1) is 11.6. The minimum absolute atomic E-state index is 0.154. The molecule has 1 heterocycles. The van der Waals surface area contributed by atoms with Crippen molar-refractivity contribution in [2.75, 3.05) is 0 Å². The monoisotopic (exact) mass is 203 g/mol. The quantitative estimate of drug-likeness (QED) is 0.558. The van der Waals surface area contributed by atoms with Gasteiger partial charge in [0.2, 0.25) is 0 Å². The van der Waals surface area contributed by atoms with Crippen molar-refractivity contribution in [3.63, 3.8) is 0 Å². The first-order valence-electron chi connectivity index (χ1n) is 4.85. The fraction of sp³-hybridized carbons (Fsp3) is 0.364. The Hall–Kier alpha value is -1.45. The maximum atomic E-state index is 11.1. The zero-order valence-corrected chi connectivity index (χ0v) is 8.77. The molecule has 1 aliphatic heterocycles. The highest BCUT2D eigenvalue weighted by Crippen LogP contribution is 2.20. The third kappa shape index (κ3) is 2.75. The Labute approximate surface area is 91.3 Å². The van der Waals surface area contributed by atoms with Gasteiger partial charge in [0.05, 0.1) is 13.9 Å². The van der Waals surface area contributed by atoms with E-state index in [2.05, 4.69) is 11.9 Å². The molecule has 1 rings (SSSR count). The average Bonchev–Trinajstić information content (AvgIpc) is 2.61. The molecule has 2 radical (unpaired) electrons. The summed E-state index contributed by atoms with van der Waals surface area (Å²) in [5.74, 6) is 0. The molecule has 0 aliphatic carbocycles. The van der Waals surface area contributed by atoms with Crippen LogP contribution in [0.4, 0.5) is 4.79 Å². The molecule has 0 spiro atoms. The van der Waals surface area contributed by atoms with E-state index in [0.717, 1.165) is 5.57 Å². The number of nitrogens with one attached hydrogen (secondary N) is 1. The first-order chi connectivity index (χ1) is 7.22. The number of ether oxygens (including phenoxy) is 1. The lowest BCUT2D eigenvalue weighted by atomic mass is 9.90. The zero-order chi connectivity index (χ0) is 11.3. The number of alkyl carbamates (subject to hydrolysis) is 1. The van der Waals surface area contributed by atoms with Gasteiger partial charge in [-0.25, -0.2) is 4.79 Å². The van der Waals surface area contributed by atoms with Crippen LogP contribution in [0.1, 0.15) is 6.92 Å². The van der Waals surface area contributed by atoms with E-state index >= 15 is 0 Å². The number of rotatable bonds is 4. The van der Waals surface area contributed by atoms with Crippen molar-refractivity contribution in [1.29, 1.82) is 0 Å². The summed E-state index contributed by atoms with van der Waals surface area (Å²) < 4.78 is 5.13. The molecule has 15 heavy (non-hydrogen) atoms. The number of cyclic esters (lactones) is 1. The van der Waals surface area contributed by atoms with Crippen molar-refractivity contribution >= 4 is 13.9 Å². The van der Waals surface area contributed by atoms with E-state index in [4.69, 9.17) is 12.6 Å². The van der Waals surface area contributed by atoms with Gasteiger partial charge < -0.3 is 10.1 Å². The van der Waals surface area contributed by atoms with Gasteiger partial charge in [-0.2, -0.15) is 0 Å². The minimum atomic E-state index is -0.415. The molecule has 1 aliphatic rings. The highest BCUT2D eigenvalue weighted by Gasteiger charge is 2.33. The van der Waals surface area contributed by atoms with E-state index in [-0.39, 0.29) is 12.1 Å². The van der Waals surface area contributed by atoms with E-state index in [9.17, 15) is 4.79 Å². The fourth-order valence-electron chi connectivity index (χ4n) is 1.48. The molecule has 1 N–H and O–H groups in total. The third-order valence-electron chi connectivity index (χ3n) is 2.24. The van der Waals surface area contributed by atoms with Crippen molar-refractivity contribution in [3.8, 4) is 0 Å². The van der Waals surface area contributed by atoms with Crippen molar-refractivity contribution in [1.82, 2.24) is 5.32 Å². The molecule has 1 amide bonds. The highest BCUT2D eigenvalue weighted by molar-refractivity contribution is 6.09. The normalized spacial score (nSPS) is 26.5. The summed E-state index contributed by atoms with van der Waals surface area (Å²) in [4.78, 5) is 11.1. The highest BCUT2D eigenvalue weighted by atomic mass is 16.6. The Kier molecular flexibility index (Phi) is 4.22. The smallest absolute Gasteiger partial charge is 0.408 e. The second-order valence-electron chi connectivity index (χ2n) is 3.20. The van der Waals surface area contributed by atoms with Gasteiger partial charge in [0, 0.05) is 0 Å². The van der Waals surface area contributed by atoms with Crippen molar-refractivity contribution in [3.05, 3.63) is 36.5 Å². The van der Waals surface area contributed by atoms with Crippen LogP contribution >= 0.6 is 0 Å². The summed E-state index contributed by atoms with van der Waals surface area (Å²) >= 11 is 0. The zero-order valence-electron chi connectivity index (χ0n) is 8.77. The van der Waals surface area contributed by atoms with Gasteiger partial charge in [-0.1, -0.05) is 37.2 Å². The van der Waals surface area contributed by atoms with Crippen molar-refractivity contribution in [2.45, 2.75) is 25.4 Å². The summed E-state index contributed by atoms with van der Waals surface area (Å²) in [6.45, 7) is 5.48. The van der Waals surface area contributed by atoms with Crippen LogP contribution in [-0.4, -0.2) is 26.1 Å². The van der Waals surface area contributed by atoms with Gasteiger partial charge >= 0.3 is 6.09 Å². The Balaban J connectivity index is 2.80. The van der Waals surface area contributed by atoms with Crippen LogP contribution in [0.5, 0.6) is 0 Å². The SMILES string of the molecule is [B]C[C@H]1NC(=O)O[C@@H]1C(/C=C\C=C)=C/C. The molecule has 0 aromatic carbocycles. The summed E-state index contributed by atoms with van der Waals surface area (Å²) in [6.07, 6.45) is 6.87. The van der Waals surface area contributed by atoms with Crippen LogP contribution in [0.2, 0.25) is 6.32 Å². The maximum Gasteiger partial charge on any atom is 0.408 e. The molecule has 0 bridgehead atoms. The molecule has 4 heteroatoms. The summed E-state index contributed by atoms with van der Waals surface area (Å²) in [5, 5.41) is 2.66. The van der Waals surface area contributed by atoms with E-state index in [0.29, 0.717) is 6.32 Å². The molecular weight excluding hydrogens is 189 g/mol. The molecule has 2 atom stereocenters. The molecule has 0 aromatic rings.